The highest BCUT2D eigenvalue weighted by atomic mass is 16.2. The van der Waals surface area contributed by atoms with E-state index in [0.29, 0.717) is 11.3 Å². The topological polar surface area (TPSA) is 58.2 Å². The van der Waals surface area contributed by atoms with Crippen LogP contribution in [0.15, 0.2) is 66.7 Å². The molecule has 4 nitrogen and oxygen atoms in total. The molecule has 0 saturated heterocycles. The fourth-order valence-electron chi connectivity index (χ4n) is 2.98. The van der Waals surface area contributed by atoms with Gasteiger partial charge in [0.05, 0.1) is 6.54 Å². The van der Waals surface area contributed by atoms with Crippen molar-refractivity contribution >= 4 is 28.2 Å². The smallest absolute Gasteiger partial charge is 0.238 e. The standard InChI is InChI=1S/C22H22N2O2/c1-15(20-9-5-7-18-6-3-4-8-21(18)20)23-14-22(26)24-19-12-10-17(11-13-19)16(2)25/h3-13,15,23H,14H2,1-2H3,(H,24,26)/t15-/m1/s1. The van der Waals surface area contributed by atoms with Gasteiger partial charge in [-0.25, -0.2) is 0 Å². The van der Waals surface area contributed by atoms with E-state index >= 15 is 0 Å². The Hall–Kier alpha value is -2.98. The second-order valence-corrected chi connectivity index (χ2v) is 6.35. The summed E-state index contributed by atoms with van der Waals surface area (Å²) in [6.07, 6.45) is 0. The van der Waals surface area contributed by atoms with Crippen molar-refractivity contribution in [2.45, 2.75) is 19.9 Å². The lowest BCUT2D eigenvalue weighted by atomic mass is 10.00. The normalized spacial score (nSPS) is 11.9. The van der Waals surface area contributed by atoms with Crippen molar-refractivity contribution in [2.24, 2.45) is 0 Å². The molecule has 4 heteroatoms. The number of nitrogens with one attached hydrogen (secondary N) is 2. The van der Waals surface area contributed by atoms with Crippen LogP contribution in [-0.4, -0.2) is 18.2 Å². The first-order valence-electron chi connectivity index (χ1n) is 8.66. The Balaban J connectivity index is 1.61. The molecule has 0 spiro atoms. The molecule has 0 radical (unpaired) electrons. The Morgan fingerprint density at radius 1 is 0.923 bits per heavy atom. The average molecular weight is 346 g/mol. The van der Waals surface area contributed by atoms with Crippen LogP contribution >= 0.6 is 0 Å². The minimum absolute atomic E-state index is 0.00783. The van der Waals surface area contributed by atoms with Gasteiger partial charge in [0, 0.05) is 17.3 Å². The largest absolute Gasteiger partial charge is 0.325 e. The number of carbonyl (C=O) groups is 2. The van der Waals surface area contributed by atoms with E-state index in [2.05, 4.69) is 41.8 Å². The predicted molar refractivity (Wildman–Crippen MR) is 105 cm³/mol. The molecule has 1 atom stereocenters. The highest BCUT2D eigenvalue weighted by Crippen LogP contribution is 2.23. The van der Waals surface area contributed by atoms with Crippen LogP contribution in [0.1, 0.15) is 35.8 Å². The fraction of sp³-hybridized carbons (Fsp3) is 0.182. The van der Waals surface area contributed by atoms with E-state index < -0.39 is 0 Å². The molecule has 0 aliphatic heterocycles. The maximum Gasteiger partial charge on any atom is 0.238 e. The molecule has 0 bridgehead atoms. The third-order valence-corrected chi connectivity index (χ3v) is 4.43. The van der Waals surface area contributed by atoms with Crippen LogP contribution in [-0.2, 0) is 4.79 Å². The summed E-state index contributed by atoms with van der Waals surface area (Å²) in [5.74, 6) is -0.110. The van der Waals surface area contributed by atoms with E-state index in [1.165, 1.54) is 23.3 Å². The highest BCUT2D eigenvalue weighted by molar-refractivity contribution is 5.96. The lowest BCUT2D eigenvalue weighted by Crippen LogP contribution is -2.30. The minimum Gasteiger partial charge on any atom is -0.325 e. The van der Waals surface area contributed by atoms with Crippen molar-refractivity contribution in [3.63, 3.8) is 0 Å². The molecule has 3 aromatic carbocycles. The highest BCUT2D eigenvalue weighted by Gasteiger charge is 2.11. The number of anilines is 1. The molecule has 3 rings (SSSR count). The van der Waals surface area contributed by atoms with Gasteiger partial charge < -0.3 is 10.6 Å². The summed E-state index contributed by atoms with van der Waals surface area (Å²) in [7, 11) is 0. The van der Waals surface area contributed by atoms with Crippen molar-refractivity contribution in [1.29, 1.82) is 0 Å². The lowest BCUT2D eigenvalue weighted by Gasteiger charge is -2.16. The van der Waals surface area contributed by atoms with E-state index in [1.54, 1.807) is 24.3 Å². The van der Waals surface area contributed by atoms with E-state index in [9.17, 15) is 9.59 Å². The Kier molecular flexibility index (Phi) is 5.44. The van der Waals surface area contributed by atoms with Gasteiger partial charge in [0.15, 0.2) is 5.78 Å². The molecule has 0 aromatic heterocycles. The van der Waals surface area contributed by atoms with E-state index in [-0.39, 0.29) is 24.3 Å². The Morgan fingerprint density at radius 3 is 2.35 bits per heavy atom. The Morgan fingerprint density at radius 2 is 1.62 bits per heavy atom. The summed E-state index contributed by atoms with van der Waals surface area (Å²) in [5, 5.41) is 8.49. The van der Waals surface area contributed by atoms with Crippen LogP contribution in [0.2, 0.25) is 0 Å². The zero-order valence-electron chi connectivity index (χ0n) is 15.0. The molecule has 0 aliphatic carbocycles. The summed E-state index contributed by atoms with van der Waals surface area (Å²) < 4.78 is 0. The molecule has 3 aromatic rings. The molecule has 1 amide bonds. The first-order chi connectivity index (χ1) is 12.5. The van der Waals surface area contributed by atoms with Gasteiger partial charge in [-0.05, 0) is 54.4 Å². The molecule has 26 heavy (non-hydrogen) atoms. The van der Waals surface area contributed by atoms with Crippen molar-refractivity contribution in [1.82, 2.24) is 5.32 Å². The third kappa shape index (κ3) is 4.16. The number of hydrogen-bond donors (Lipinski definition) is 2. The molecular formula is C22H22N2O2. The number of amides is 1. The Labute approximate surface area is 153 Å². The number of rotatable bonds is 6. The maximum atomic E-state index is 12.2. The van der Waals surface area contributed by atoms with Crippen molar-refractivity contribution in [2.75, 3.05) is 11.9 Å². The van der Waals surface area contributed by atoms with Crippen molar-refractivity contribution < 1.29 is 9.59 Å². The first kappa shape index (κ1) is 17.8. The predicted octanol–water partition coefficient (Wildman–Crippen LogP) is 4.33. The van der Waals surface area contributed by atoms with Gasteiger partial charge in [0.1, 0.15) is 0 Å². The van der Waals surface area contributed by atoms with Crippen LogP contribution in [0.4, 0.5) is 5.69 Å². The number of fused-ring (bicyclic) bond motifs is 1. The molecule has 132 valence electrons. The van der Waals surface area contributed by atoms with Crippen LogP contribution in [0.5, 0.6) is 0 Å². The molecule has 0 heterocycles. The summed E-state index contributed by atoms with van der Waals surface area (Å²) >= 11 is 0. The van der Waals surface area contributed by atoms with Crippen molar-refractivity contribution in [3.8, 4) is 0 Å². The maximum absolute atomic E-state index is 12.2. The number of carbonyl (C=O) groups excluding carboxylic acids is 2. The fourth-order valence-corrected chi connectivity index (χ4v) is 2.98. The third-order valence-electron chi connectivity index (χ3n) is 4.43. The average Bonchev–Trinajstić information content (AvgIpc) is 2.66. The molecule has 0 saturated carbocycles. The zero-order chi connectivity index (χ0) is 18.5. The number of benzene rings is 3. The van der Waals surface area contributed by atoms with Gasteiger partial charge in [0.25, 0.3) is 0 Å². The first-order valence-corrected chi connectivity index (χ1v) is 8.66. The van der Waals surface area contributed by atoms with Crippen LogP contribution in [0.3, 0.4) is 0 Å². The summed E-state index contributed by atoms with van der Waals surface area (Å²) in [5.41, 5.74) is 2.48. The molecule has 0 fully saturated rings. The molecule has 2 N–H and O–H groups in total. The number of ketones is 1. The van der Waals surface area contributed by atoms with E-state index in [1.807, 2.05) is 18.2 Å². The van der Waals surface area contributed by atoms with Crippen molar-refractivity contribution in [3.05, 3.63) is 77.9 Å². The number of Topliss-reactive ketones (excluding diaryl/α,β-unsaturated/α-hetero) is 1. The van der Waals surface area contributed by atoms with Gasteiger partial charge in [-0.1, -0.05) is 42.5 Å². The van der Waals surface area contributed by atoms with Crippen LogP contribution in [0, 0.1) is 0 Å². The summed E-state index contributed by atoms with van der Waals surface area (Å²) in [6, 6.07) is 21.4. The zero-order valence-corrected chi connectivity index (χ0v) is 15.0. The van der Waals surface area contributed by atoms with Gasteiger partial charge in [0.2, 0.25) is 5.91 Å². The van der Waals surface area contributed by atoms with E-state index in [0.717, 1.165) is 0 Å². The molecular weight excluding hydrogens is 324 g/mol. The lowest BCUT2D eigenvalue weighted by molar-refractivity contribution is -0.115. The second kappa shape index (κ2) is 7.93. The van der Waals surface area contributed by atoms with Gasteiger partial charge >= 0.3 is 0 Å². The second-order valence-electron chi connectivity index (χ2n) is 6.35. The van der Waals surface area contributed by atoms with E-state index in [4.69, 9.17) is 0 Å². The summed E-state index contributed by atoms with van der Waals surface area (Å²) in [6.45, 7) is 3.78. The van der Waals surface area contributed by atoms with Gasteiger partial charge in [-0.3, -0.25) is 9.59 Å². The number of hydrogen-bond acceptors (Lipinski definition) is 3. The monoisotopic (exact) mass is 346 g/mol. The SMILES string of the molecule is CC(=O)c1ccc(NC(=O)CN[C@H](C)c2cccc3ccccc23)cc1. The van der Waals surface area contributed by atoms with Gasteiger partial charge in [-0.15, -0.1) is 0 Å². The quantitative estimate of drug-likeness (QED) is 0.653. The molecule has 0 aliphatic rings. The van der Waals surface area contributed by atoms with Gasteiger partial charge in [-0.2, -0.15) is 0 Å². The van der Waals surface area contributed by atoms with Crippen LogP contribution < -0.4 is 10.6 Å². The summed E-state index contributed by atoms with van der Waals surface area (Å²) in [4.78, 5) is 23.5. The Bertz CT molecular complexity index is 927. The van der Waals surface area contributed by atoms with Crippen LogP contribution in [0.25, 0.3) is 10.8 Å². The molecule has 0 unspecified atom stereocenters. The minimum atomic E-state index is -0.118.